The van der Waals surface area contributed by atoms with Gasteiger partial charge in [0.25, 0.3) is 0 Å². The molecular formula is C30H40ClN5O3. The van der Waals surface area contributed by atoms with Crippen LogP contribution in [0.4, 0.5) is 5.82 Å². The number of amides is 3. The number of halogens is 1. The number of hydrogen-bond acceptors (Lipinski definition) is 4. The maximum atomic E-state index is 13.8. The molecule has 1 aliphatic carbocycles. The van der Waals surface area contributed by atoms with Crippen molar-refractivity contribution in [2.24, 2.45) is 17.3 Å². The number of benzene rings is 1. The average Bonchev–Trinajstić information content (AvgIpc) is 3.46. The predicted octanol–water partition coefficient (Wildman–Crippen LogP) is 4.93. The quantitative estimate of drug-likeness (QED) is 0.487. The van der Waals surface area contributed by atoms with E-state index in [1.54, 1.807) is 0 Å². The third-order valence-corrected chi connectivity index (χ3v) is 9.51. The van der Waals surface area contributed by atoms with E-state index < -0.39 is 6.04 Å². The molecule has 9 heteroatoms. The first-order valence-electron chi connectivity index (χ1n) is 14.1. The second-order valence-electron chi connectivity index (χ2n) is 12.9. The van der Waals surface area contributed by atoms with Crippen LogP contribution in [0, 0.1) is 24.2 Å². The summed E-state index contributed by atoms with van der Waals surface area (Å²) in [5, 5.41) is 14.0. The number of anilines is 1. The zero-order chi connectivity index (χ0) is 28.1. The number of aromatic amines is 1. The van der Waals surface area contributed by atoms with Gasteiger partial charge in [-0.3, -0.25) is 19.5 Å². The summed E-state index contributed by atoms with van der Waals surface area (Å²) in [5.41, 5.74) is 2.70. The lowest BCUT2D eigenvalue weighted by molar-refractivity contribution is -0.141. The van der Waals surface area contributed by atoms with Crippen LogP contribution in [0.5, 0.6) is 0 Å². The van der Waals surface area contributed by atoms with Gasteiger partial charge in [0.15, 0.2) is 5.82 Å². The molecule has 3 amide bonds. The Bertz CT molecular complexity index is 1270. The van der Waals surface area contributed by atoms with E-state index in [-0.39, 0.29) is 40.4 Å². The van der Waals surface area contributed by atoms with Crippen LogP contribution in [0.1, 0.15) is 82.5 Å². The average molecular weight is 554 g/mol. The van der Waals surface area contributed by atoms with Crippen LogP contribution < -0.4 is 10.6 Å². The van der Waals surface area contributed by atoms with Crippen molar-refractivity contribution in [3.8, 4) is 0 Å². The number of hydrogen-bond donors (Lipinski definition) is 3. The van der Waals surface area contributed by atoms with E-state index in [0.717, 1.165) is 29.1 Å². The summed E-state index contributed by atoms with van der Waals surface area (Å²) in [4.78, 5) is 41.8. The Kier molecular flexibility index (Phi) is 7.29. The van der Waals surface area contributed by atoms with Gasteiger partial charge in [-0.25, -0.2) is 0 Å². The second-order valence-corrected chi connectivity index (χ2v) is 13.3. The second kappa shape index (κ2) is 10.3. The van der Waals surface area contributed by atoms with Crippen LogP contribution in [-0.2, 0) is 19.8 Å². The lowest BCUT2D eigenvalue weighted by Gasteiger charge is -2.46. The van der Waals surface area contributed by atoms with Gasteiger partial charge in [0.1, 0.15) is 6.04 Å². The SMILES string of the molecule is Cc1[nH]nc2c1C1(CCC(C(=O)NC(C(=O)N3CCC(c4ccc(Cl)cc4)C(C)(C)C3)C(C)C)C1)CC(=O)N2. The van der Waals surface area contributed by atoms with Crippen molar-refractivity contribution in [3.05, 3.63) is 46.1 Å². The van der Waals surface area contributed by atoms with Gasteiger partial charge in [0.05, 0.1) is 0 Å². The fourth-order valence-corrected chi connectivity index (χ4v) is 7.44. The van der Waals surface area contributed by atoms with Gasteiger partial charge in [-0.1, -0.05) is 51.4 Å². The molecule has 1 saturated carbocycles. The highest BCUT2D eigenvalue weighted by atomic mass is 35.5. The standard InChI is InChI=1S/C30H40ClN5O3/c1-17(2)25(28(39)36-13-11-22(29(4,5)16-36)19-6-8-21(31)9-7-19)33-27(38)20-10-12-30(14-20)15-23(37)32-26-24(30)18(3)34-35-26/h6-9,17,20,22,25H,10-16H2,1-5H3,(H,33,38)(H2,32,34,35,37). The molecule has 2 aliphatic heterocycles. The Balaban J connectivity index is 1.26. The Hall–Kier alpha value is -2.87. The third-order valence-electron chi connectivity index (χ3n) is 9.26. The summed E-state index contributed by atoms with van der Waals surface area (Å²) in [6.45, 7) is 11.6. The van der Waals surface area contributed by atoms with Gasteiger partial charge >= 0.3 is 0 Å². The summed E-state index contributed by atoms with van der Waals surface area (Å²) in [6, 6.07) is 7.44. The van der Waals surface area contributed by atoms with Gasteiger partial charge in [-0.2, -0.15) is 5.10 Å². The Morgan fingerprint density at radius 2 is 1.90 bits per heavy atom. The highest BCUT2D eigenvalue weighted by molar-refractivity contribution is 6.30. The first-order valence-corrected chi connectivity index (χ1v) is 14.5. The molecule has 39 heavy (non-hydrogen) atoms. The number of fused-ring (bicyclic) bond motifs is 2. The van der Waals surface area contributed by atoms with E-state index in [9.17, 15) is 14.4 Å². The van der Waals surface area contributed by atoms with Crippen molar-refractivity contribution in [2.45, 2.75) is 84.1 Å². The van der Waals surface area contributed by atoms with Crippen molar-refractivity contribution < 1.29 is 14.4 Å². The molecule has 3 aliphatic rings. The molecule has 4 atom stereocenters. The topological polar surface area (TPSA) is 107 Å². The number of carbonyl (C=O) groups excluding carboxylic acids is 3. The largest absolute Gasteiger partial charge is 0.344 e. The first-order chi connectivity index (χ1) is 18.4. The van der Waals surface area contributed by atoms with Gasteiger partial charge in [-0.15, -0.1) is 0 Å². The van der Waals surface area contributed by atoms with Crippen LogP contribution in [-0.4, -0.2) is 52.0 Å². The minimum Gasteiger partial charge on any atom is -0.344 e. The summed E-state index contributed by atoms with van der Waals surface area (Å²) < 4.78 is 0. The molecule has 4 unspecified atom stereocenters. The van der Waals surface area contributed by atoms with Gasteiger partial charge in [-0.05, 0) is 67.6 Å². The molecule has 1 aromatic heterocycles. The lowest BCUT2D eigenvalue weighted by Crippen LogP contribution is -2.56. The molecule has 8 nitrogen and oxygen atoms in total. The number of nitrogens with zero attached hydrogens (tertiary/aromatic N) is 2. The van der Waals surface area contributed by atoms with Crippen LogP contribution in [0.15, 0.2) is 24.3 Å². The number of piperidine rings is 1. The normalized spacial score (nSPS) is 26.8. The molecule has 1 spiro atoms. The monoisotopic (exact) mass is 553 g/mol. The fourth-order valence-electron chi connectivity index (χ4n) is 7.32. The summed E-state index contributed by atoms with van der Waals surface area (Å²) >= 11 is 6.10. The van der Waals surface area contributed by atoms with E-state index in [0.29, 0.717) is 44.1 Å². The van der Waals surface area contributed by atoms with Crippen molar-refractivity contribution in [2.75, 3.05) is 18.4 Å². The number of H-pyrrole nitrogens is 1. The third kappa shape index (κ3) is 5.20. The number of carbonyl (C=O) groups is 3. The summed E-state index contributed by atoms with van der Waals surface area (Å²) in [6.07, 6.45) is 3.23. The van der Waals surface area contributed by atoms with Gasteiger partial charge in [0, 0.05) is 47.1 Å². The van der Waals surface area contributed by atoms with Crippen LogP contribution >= 0.6 is 11.6 Å². The molecule has 2 aromatic rings. The highest BCUT2D eigenvalue weighted by Crippen LogP contribution is 2.51. The maximum absolute atomic E-state index is 13.8. The Morgan fingerprint density at radius 3 is 2.56 bits per heavy atom. The van der Waals surface area contributed by atoms with Crippen molar-refractivity contribution in [1.29, 1.82) is 0 Å². The zero-order valence-electron chi connectivity index (χ0n) is 23.6. The first kappa shape index (κ1) is 27.7. The molecule has 1 aromatic carbocycles. The maximum Gasteiger partial charge on any atom is 0.245 e. The van der Waals surface area contributed by atoms with E-state index in [1.165, 1.54) is 5.56 Å². The van der Waals surface area contributed by atoms with Crippen molar-refractivity contribution >= 4 is 35.1 Å². The lowest BCUT2D eigenvalue weighted by atomic mass is 9.70. The van der Waals surface area contributed by atoms with E-state index >= 15 is 0 Å². The number of likely N-dealkylation sites (tertiary alicyclic amines) is 1. The van der Waals surface area contributed by atoms with Gasteiger partial charge < -0.3 is 15.5 Å². The molecule has 2 fully saturated rings. The van der Waals surface area contributed by atoms with Crippen molar-refractivity contribution in [1.82, 2.24) is 20.4 Å². The van der Waals surface area contributed by atoms with Crippen LogP contribution in [0.2, 0.25) is 5.02 Å². The molecule has 3 heterocycles. The Labute approximate surface area is 235 Å². The van der Waals surface area contributed by atoms with E-state index in [4.69, 9.17) is 11.6 Å². The molecular weight excluding hydrogens is 514 g/mol. The minimum atomic E-state index is -0.585. The number of nitrogens with one attached hydrogen (secondary N) is 3. The summed E-state index contributed by atoms with van der Waals surface area (Å²) in [5.74, 6) is 0.446. The number of aromatic nitrogens is 2. The molecule has 1 saturated heterocycles. The molecule has 5 rings (SSSR count). The highest BCUT2D eigenvalue weighted by Gasteiger charge is 2.50. The van der Waals surface area contributed by atoms with E-state index in [2.05, 4.69) is 46.8 Å². The van der Waals surface area contributed by atoms with E-state index in [1.807, 2.05) is 37.8 Å². The smallest absolute Gasteiger partial charge is 0.245 e. The van der Waals surface area contributed by atoms with Gasteiger partial charge in [0.2, 0.25) is 17.7 Å². The molecule has 0 bridgehead atoms. The fraction of sp³-hybridized carbons (Fsp3) is 0.600. The van der Waals surface area contributed by atoms with Crippen molar-refractivity contribution in [3.63, 3.8) is 0 Å². The van der Waals surface area contributed by atoms with Crippen LogP contribution in [0.25, 0.3) is 0 Å². The molecule has 210 valence electrons. The predicted molar refractivity (Wildman–Crippen MR) is 152 cm³/mol. The van der Waals surface area contributed by atoms with Crippen LogP contribution in [0.3, 0.4) is 0 Å². The summed E-state index contributed by atoms with van der Waals surface area (Å²) in [7, 11) is 0. The zero-order valence-corrected chi connectivity index (χ0v) is 24.3. The Morgan fingerprint density at radius 1 is 1.18 bits per heavy atom. The number of rotatable bonds is 5. The number of aryl methyl sites for hydroxylation is 1. The molecule has 3 N–H and O–H groups in total. The molecule has 0 radical (unpaired) electrons. The minimum absolute atomic E-state index is 0.0151.